The van der Waals surface area contributed by atoms with Gasteiger partial charge in [0, 0.05) is 41.2 Å². The first-order chi connectivity index (χ1) is 13.9. The molecule has 1 fully saturated rings. The summed E-state index contributed by atoms with van der Waals surface area (Å²) in [5.74, 6) is 0.674. The first-order valence-corrected chi connectivity index (χ1v) is 12.4. The van der Waals surface area contributed by atoms with Gasteiger partial charge in [0.2, 0.25) is 15.9 Å². The van der Waals surface area contributed by atoms with Gasteiger partial charge in [0.15, 0.2) is 0 Å². The van der Waals surface area contributed by atoms with Crippen LogP contribution in [-0.2, 0) is 14.8 Å². The molecule has 0 bridgehead atoms. The van der Waals surface area contributed by atoms with Crippen LogP contribution in [0.4, 0.5) is 0 Å². The molecule has 0 unspecified atom stereocenters. The predicted octanol–water partition coefficient (Wildman–Crippen LogP) is 3.96. The number of amides is 1. The lowest BCUT2D eigenvalue weighted by Gasteiger charge is -2.30. The molecule has 0 aromatic heterocycles. The summed E-state index contributed by atoms with van der Waals surface area (Å²) in [5, 5.41) is 3.48. The van der Waals surface area contributed by atoms with E-state index in [1.54, 1.807) is 23.9 Å². The highest BCUT2D eigenvalue weighted by Gasteiger charge is 2.31. The van der Waals surface area contributed by atoms with Crippen LogP contribution in [0.1, 0.15) is 18.4 Å². The highest BCUT2D eigenvalue weighted by Crippen LogP contribution is 2.25. The largest absolute Gasteiger partial charge is 0.355 e. The van der Waals surface area contributed by atoms with Crippen molar-refractivity contribution in [3.8, 4) is 0 Å². The number of carbonyl (C=O) groups excluding carboxylic acids is 1. The molecule has 1 N–H and O–H groups in total. The van der Waals surface area contributed by atoms with Crippen molar-refractivity contribution in [2.75, 3.05) is 25.4 Å². The van der Waals surface area contributed by atoms with Gasteiger partial charge in [0.1, 0.15) is 0 Å². The van der Waals surface area contributed by atoms with E-state index >= 15 is 0 Å². The molecule has 0 spiro atoms. The van der Waals surface area contributed by atoms with Crippen molar-refractivity contribution < 1.29 is 13.2 Å². The Morgan fingerprint density at radius 3 is 2.34 bits per heavy atom. The number of sulfonamides is 1. The molecule has 8 heteroatoms. The van der Waals surface area contributed by atoms with Crippen LogP contribution in [0, 0.1) is 12.8 Å². The average Bonchev–Trinajstić information content (AvgIpc) is 2.73. The van der Waals surface area contributed by atoms with Crippen molar-refractivity contribution >= 4 is 39.3 Å². The number of halogens is 1. The maximum Gasteiger partial charge on any atom is 0.243 e. The van der Waals surface area contributed by atoms with Gasteiger partial charge in [-0.1, -0.05) is 29.3 Å². The van der Waals surface area contributed by atoms with Crippen LogP contribution in [0.2, 0.25) is 5.02 Å². The molecule has 1 aliphatic heterocycles. The average molecular weight is 453 g/mol. The van der Waals surface area contributed by atoms with Crippen molar-refractivity contribution in [1.82, 2.24) is 9.62 Å². The summed E-state index contributed by atoms with van der Waals surface area (Å²) in [6.07, 6.45) is 1.06. The molecule has 1 heterocycles. The summed E-state index contributed by atoms with van der Waals surface area (Å²) in [6, 6.07) is 14.5. The third kappa shape index (κ3) is 5.98. The quantitative estimate of drug-likeness (QED) is 0.510. The molecule has 0 radical (unpaired) electrons. The Balaban J connectivity index is 1.43. The molecule has 1 amide bonds. The van der Waals surface area contributed by atoms with Gasteiger partial charge in [0.05, 0.1) is 4.90 Å². The third-order valence-corrected chi connectivity index (χ3v) is 8.15. The number of nitrogens with zero attached hydrogens (tertiary/aromatic N) is 1. The van der Waals surface area contributed by atoms with Crippen molar-refractivity contribution in [2.45, 2.75) is 29.6 Å². The summed E-state index contributed by atoms with van der Waals surface area (Å²) in [4.78, 5) is 13.8. The highest BCUT2D eigenvalue weighted by atomic mass is 35.5. The van der Waals surface area contributed by atoms with Crippen molar-refractivity contribution in [3.63, 3.8) is 0 Å². The first-order valence-electron chi connectivity index (χ1n) is 9.59. The molecule has 0 aliphatic carbocycles. The summed E-state index contributed by atoms with van der Waals surface area (Å²) in [7, 11) is -3.54. The van der Waals surface area contributed by atoms with Gasteiger partial charge in [-0.15, -0.1) is 11.8 Å². The second kappa shape index (κ2) is 9.98. The number of aryl methyl sites for hydroxylation is 1. The number of piperidine rings is 1. The highest BCUT2D eigenvalue weighted by molar-refractivity contribution is 7.99. The molecule has 3 rings (SSSR count). The minimum atomic E-state index is -3.54. The Labute approximate surface area is 181 Å². The first kappa shape index (κ1) is 22.2. The van der Waals surface area contributed by atoms with Gasteiger partial charge in [-0.05, 0) is 56.2 Å². The van der Waals surface area contributed by atoms with Crippen LogP contribution in [-0.4, -0.2) is 44.0 Å². The lowest BCUT2D eigenvalue weighted by atomic mass is 9.97. The number of rotatable bonds is 7. The Bertz CT molecular complexity index is 923. The molecule has 1 aliphatic rings. The van der Waals surface area contributed by atoms with Crippen molar-refractivity contribution in [3.05, 3.63) is 59.1 Å². The molecule has 0 atom stereocenters. The molecule has 156 valence electrons. The monoisotopic (exact) mass is 452 g/mol. The van der Waals surface area contributed by atoms with E-state index < -0.39 is 10.0 Å². The third-order valence-electron chi connectivity index (χ3n) is 4.97. The van der Waals surface area contributed by atoms with Crippen LogP contribution in [0.5, 0.6) is 0 Å². The van der Waals surface area contributed by atoms with Crippen LogP contribution in [0.25, 0.3) is 0 Å². The van der Waals surface area contributed by atoms with Gasteiger partial charge >= 0.3 is 0 Å². The fourth-order valence-corrected chi connectivity index (χ4v) is 5.60. The summed E-state index contributed by atoms with van der Waals surface area (Å²) < 4.78 is 26.9. The van der Waals surface area contributed by atoms with Gasteiger partial charge in [-0.3, -0.25) is 4.79 Å². The maximum atomic E-state index is 12.7. The minimum Gasteiger partial charge on any atom is -0.355 e. The fraction of sp³-hybridized carbons (Fsp3) is 0.381. The van der Waals surface area contributed by atoms with Crippen molar-refractivity contribution in [1.29, 1.82) is 0 Å². The lowest BCUT2D eigenvalue weighted by Crippen LogP contribution is -2.43. The number of nitrogens with one attached hydrogen (secondary N) is 1. The Morgan fingerprint density at radius 1 is 1.10 bits per heavy atom. The second-order valence-corrected chi connectivity index (χ2v) is 10.6. The van der Waals surface area contributed by atoms with E-state index in [4.69, 9.17) is 11.6 Å². The zero-order chi connectivity index (χ0) is 20.9. The van der Waals surface area contributed by atoms with Gasteiger partial charge in [-0.25, -0.2) is 8.42 Å². The summed E-state index contributed by atoms with van der Waals surface area (Å²) >= 11 is 7.55. The topological polar surface area (TPSA) is 66.5 Å². The maximum absolute atomic E-state index is 12.7. The number of carbonyl (C=O) groups is 1. The standard InChI is InChI=1S/C21H25ClN2O3S2/c1-16-2-6-19(7-3-16)28-15-12-23-21(25)17-10-13-24(14-11-17)29(26,27)20-8-4-18(22)5-9-20/h2-9,17H,10-15H2,1H3,(H,23,25). The fourth-order valence-electron chi connectivity index (χ4n) is 3.24. The van der Waals surface area contributed by atoms with Crippen LogP contribution < -0.4 is 5.32 Å². The molecular weight excluding hydrogens is 428 g/mol. The van der Waals surface area contributed by atoms with E-state index in [9.17, 15) is 13.2 Å². The molecule has 5 nitrogen and oxygen atoms in total. The lowest BCUT2D eigenvalue weighted by molar-refractivity contribution is -0.125. The van der Waals surface area contributed by atoms with Crippen LogP contribution in [0.15, 0.2) is 58.3 Å². The zero-order valence-electron chi connectivity index (χ0n) is 16.3. The van der Waals surface area contributed by atoms with E-state index in [-0.39, 0.29) is 16.7 Å². The summed E-state index contributed by atoms with van der Waals surface area (Å²) in [6.45, 7) is 3.35. The molecule has 2 aromatic carbocycles. The van der Waals surface area contributed by atoms with Crippen LogP contribution >= 0.6 is 23.4 Å². The normalized spacial score (nSPS) is 15.9. The molecular formula is C21H25ClN2O3S2. The van der Waals surface area contributed by atoms with Crippen LogP contribution in [0.3, 0.4) is 0 Å². The minimum absolute atomic E-state index is 0.0121. The Morgan fingerprint density at radius 2 is 1.72 bits per heavy atom. The number of thioether (sulfide) groups is 1. The smallest absolute Gasteiger partial charge is 0.243 e. The molecule has 1 saturated heterocycles. The predicted molar refractivity (Wildman–Crippen MR) is 118 cm³/mol. The second-order valence-electron chi connectivity index (χ2n) is 7.08. The van der Waals surface area contributed by atoms with E-state index in [0.717, 1.165) is 5.75 Å². The molecule has 29 heavy (non-hydrogen) atoms. The van der Waals surface area contributed by atoms with E-state index in [1.807, 2.05) is 0 Å². The Kier molecular flexibility index (Phi) is 7.62. The van der Waals surface area contributed by atoms with E-state index in [2.05, 4.69) is 36.5 Å². The molecule has 2 aromatic rings. The van der Waals surface area contributed by atoms with Gasteiger partial charge in [-0.2, -0.15) is 4.31 Å². The number of hydrogen-bond donors (Lipinski definition) is 1. The SMILES string of the molecule is Cc1ccc(SCCNC(=O)C2CCN(S(=O)(=O)c3ccc(Cl)cc3)CC2)cc1. The number of benzene rings is 2. The zero-order valence-corrected chi connectivity index (χ0v) is 18.7. The van der Waals surface area contributed by atoms with Gasteiger partial charge in [0.25, 0.3) is 0 Å². The number of hydrogen-bond acceptors (Lipinski definition) is 4. The van der Waals surface area contributed by atoms with E-state index in [0.29, 0.717) is 37.5 Å². The van der Waals surface area contributed by atoms with E-state index in [1.165, 1.54) is 26.9 Å². The Hall–Kier alpha value is -1.54. The van der Waals surface area contributed by atoms with Gasteiger partial charge < -0.3 is 5.32 Å². The summed E-state index contributed by atoms with van der Waals surface area (Å²) in [5.41, 5.74) is 1.23. The van der Waals surface area contributed by atoms with Crippen molar-refractivity contribution in [2.24, 2.45) is 5.92 Å². The molecule has 0 saturated carbocycles.